The molecule has 0 N–H and O–H groups in total. The van der Waals surface area contributed by atoms with E-state index in [1.807, 2.05) is 36.0 Å². The van der Waals surface area contributed by atoms with Crippen LogP contribution in [0.3, 0.4) is 0 Å². The monoisotopic (exact) mass is 351 g/mol. The second-order valence-corrected chi connectivity index (χ2v) is 4.54. The van der Waals surface area contributed by atoms with Gasteiger partial charge in [0.15, 0.2) is 23.9 Å². The van der Waals surface area contributed by atoms with Gasteiger partial charge in [0.2, 0.25) is 12.3 Å². The molecule has 21 heavy (non-hydrogen) atoms. The first-order valence-corrected chi connectivity index (χ1v) is 6.35. The maximum Gasteiger partial charge on any atom is 0.227 e. The Morgan fingerprint density at radius 3 is 2.24 bits per heavy atom. The number of aromatic nitrogens is 1. The average Bonchev–Trinajstić information content (AvgIpc) is 2.48. The van der Waals surface area contributed by atoms with E-state index < -0.39 is 0 Å². The summed E-state index contributed by atoms with van der Waals surface area (Å²) in [6.45, 7) is 2.32. The van der Waals surface area contributed by atoms with Crippen molar-refractivity contribution in [1.82, 2.24) is 0 Å². The van der Waals surface area contributed by atoms with Crippen LogP contribution in [0.4, 0.5) is 0 Å². The van der Waals surface area contributed by atoms with Crippen molar-refractivity contribution in [3.8, 4) is 11.5 Å². The Morgan fingerprint density at radius 1 is 1.05 bits per heavy atom. The summed E-state index contributed by atoms with van der Waals surface area (Å²) in [5.74, 6) is 1.21. The van der Waals surface area contributed by atoms with Gasteiger partial charge in [0.1, 0.15) is 0 Å². The molecule has 0 spiro atoms. The number of ether oxygens (including phenoxy) is 2. The van der Waals surface area contributed by atoms with Crippen LogP contribution in [0.1, 0.15) is 15.9 Å². The SMILES string of the molecule is COc1ccc(C(=O)C[n+]2ccc(C)cc2)cc1OC.[Br-]. The first-order valence-electron chi connectivity index (χ1n) is 6.35. The predicted octanol–water partition coefficient (Wildman–Crippen LogP) is -0.813. The first kappa shape index (κ1) is 17.2. The van der Waals surface area contributed by atoms with E-state index in [4.69, 9.17) is 9.47 Å². The van der Waals surface area contributed by atoms with Gasteiger partial charge in [-0.2, -0.15) is 4.57 Å². The van der Waals surface area contributed by atoms with E-state index in [1.165, 1.54) is 5.56 Å². The fraction of sp³-hybridized carbons (Fsp3) is 0.250. The molecule has 0 saturated carbocycles. The van der Waals surface area contributed by atoms with Gasteiger partial charge in [-0.15, -0.1) is 0 Å². The summed E-state index contributed by atoms with van der Waals surface area (Å²) in [5, 5.41) is 0. The molecule has 0 bridgehead atoms. The molecule has 0 unspecified atom stereocenters. The highest BCUT2D eigenvalue weighted by Gasteiger charge is 2.14. The van der Waals surface area contributed by atoms with Gasteiger partial charge in [0, 0.05) is 17.7 Å². The molecule has 1 heterocycles. The van der Waals surface area contributed by atoms with Gasteiger partial charge >= 0.3 is 0 Å². The zero-order valence-electron chi connectivity index (χ0n) is 12.3. The number of Topliss-reactive ketones (excluding diaryl/α,β-unsaturated/α-hetero) is 1. The van der Waals surface area contributed by atoms with E-state index >= 15 is 0 Å². The maximum absolute atomic E-state index is 12.2. The third kappa shape index (κ3) is 4.29. The summed E-state index contributed by atoms with van der Waals surface area (Å²) in [7, 11) is 3.13. The van der Waals surface area contributed by atoms with E-state index in [9.17, 15) is 4.79 Å². The molecule has 0 aliphatic carbocycles. The average molecular weight is 352 g/mol. The fourth-order valence-corrected chi connectivity index (χ4v) is 1.90. The Morgan fingerprint density at radius 2 is 1.67 bits per heavy atom. The summed E-state index contributed by atoms with van der Waals surface area (Å²) in [4.78, 5) is 12.2. The van der Waals surface area contributed by atoms with Gasteiger partial charge in [0.05, 0.1) is 14.2 Å². The Labute approximate surface area is 135 Å². The molecule has 0 atom stereocenters. The molecule has 4 nitrogen and oxygen atoms in total. The lowest BCUT2D eigenvalue weighted by atomic mass is 10.1. The largest absolute Gasteiger partial charge is 1.00 e. The number of halogens is 1. The molecule has 0 saturated heterocycles. The molecular weight excluding hydrogens is 334 g/mol. The minimum absolute atomic E-state index is 0. The summed E-state index contributed by atoms with van der Waals surface area (Å²) in [5.41, 5.74) is 1.77. The molecule has 5 heteroatoms. The fourth-order valence-electron chi connectivity index (χ4n) is 1.90. The predicted molar refractivity (Wildman–Crippen MR) is 75.3 cm³/mol. The van der Waals surface area contributed by atoms with E-state index in [0.29, 0.717) is 23.6 Å². The molecule has 0 amide bonds. The molecular formula is C16H18BrNO3. The Hall–Kier alpha value is -1.88. The molecule has 0 aliphatic rings. The van der Waals surface area contributed by atoms with E-state index in [2.05, 4.69) is 0 Å². The molecule has 1 aromatic carbocycles. The highest BCUT2D eigenvalue weighted by Crippen LogP contribution is 2.27. The van der Waals surface area contributed by atoms with Crippen LogP contribution >= 0.6 is 0 Å². The third-order valence-electron chi connectivity index (χ3n) is 3.09. The Bertz CT molecular complexity index is 611. The van der Waals surface area contributed by atoms with E-state index in [-0.39, 0.29) is 22.8 Å². The van der Waals surface area contributed by atoms with Crippen molar-refractivity contribution in [2.45, 2.75) is 13.5 Å². The van der Waals surface area contributed by atoms with Gasteiger partial charge in [-0.3, -0.25) is 4.79 Å². The number of carbonyl (C=O) groups is 1. The van der Waals surface area contributed by atoms with Crippen molar-refractivity contribution < 1.29 is 35.8 Å². The van der Waals surface area contributed by atoms with Crippen molar-refractivity contribution in [1.29, 1.82) is 0 Å². The highest BCUT2D eigenvalue weighted by atomic mass is 79.9. The lowest BCUT2D eigenvalue weighted by Gasteiger charge is -2.08. The van der Waals surface area contributed by atoms with Crippen LogP contribution in [0.5, 0.6) is 11.5 Å². The van der Waals surface area contributed by atoms with Crippen LogP contribution in [-0.2, 0) is 6.54 Å². The number of benzene rings is 1. The number of nitrogens with zero attached hydrogens (tertiary/aromatic N) is 1. The van der Waals surface area contributed by atoms with Crippen molar-refractivity contribution >= 4 is 5.78 Å². The van der Waals surface area contributed by atoms with Gasteiger partial charge < -0.3 is 26.5 Å². The smallest absolute Gasteiger partial charge is 0.227 e. The number of hydrogen-bond donors (Lipinski definition) is 0. The van der Waals surface area contributed by atoms with Crippen molar-refractivity contribution in [2.75, 3.05) is 14.2 Å². The molecule has 2 aromatic rings. The van der Waals surface area contributed by atoms with E-state index in [0.717, 1.165) is 0 Å². The van der Waals surface area contributed by atoms with Gasteiger partial charge in [-0.05, 0) is 30.7 Å². The molecule has 2 rings (SSSR count). The topological polar surface area (TPSA) is 39.4 Å². The zero-order valence-corrected chi connectivity index (χ0v) is 13.9. The molecule has 112 valence electrons. The maximum atomic E-state index is 12.2. The minimum Gasteiger partial charge on any atom is -1.00 e. The summed E-state index contributed by atoms with van der Waals surface area (Å²) >= 11 is 0. The second kappa shape index (κ2) is 7.78. The van der Waals surface area contributed by atoms with Gasteiger partial charge in [0.25, 0.3) is 0 Å². The second-order valence-electron chi connectivity index (χ2n) is 4.54. The van der Waals surface area contributed by atoms with Gasteiger partial charge in [-0.25, -0.2) is 0 Å². The van der Waals surface area contributed by atoms with Crippen LogP contribution in [0.25, 0.3) is 0 Å². The minimum atomic E-state index is 0. The number of carbonyl (C=O) groups excluding carboxylic acids is 1. The molecule has 0 fully saturated rings. The summed E-state index contributed by atoms with van der Waals surface area (Å²) in [6.07, 6.45) is 3.79. The Kier molecular flexibility index (Phi) is 6.37. The van der Waals surface area contributed by atoms with E-state index in [1.54, 1.807) is 32.4 Å². The highest BCUT2D eigenvalue weighted by molar-refractivity contribution is 5.95. The van der Waals surface area contributed by atoms with Crippen LogP contribution in [0, 0.1) is 6.92 Å². The number of hydrogen-bond acceptors (Lipinski definition) is 3. The van der Waals surface area contributed by atoms with Crippen LogP contribution in [0.2, 0.25) is 0 Å². The Balaban J connectivity index is 0.00000220. The molecule has 0 aliphatic heterocycles. The standard InChI is InChI=1S/C16H18NO3.BrH/c1-12-6-8-17(9-7-12)11-14(18)13-4-5-15(19-2)16(10-13)20-3;/h4-10H,11H2,1-3H3;1H/q+1;/p-1. The lowest BCUT2D eigenvalue weighted by molar-refractivity contribution is -0.683. The lowest BCUT2D eigenvalue weighted by Crippen LogP contribution is -3.00. The van der Waals surface area contributed by atoms with Crippen LogP contribution in [-0.4, -0.2) is 20.0 Å². The molecule has 0 radical (unpaired) electrons. The third-order valence-corrected chi connectivity index (χ3v) is 3.09. The first-order chi connectivity index (χ1) is 9.63. The number of aryl methyl sites for hydroxylation is 1. The van der Waals surface area contributed by atoms with Crippen LogP contribution in [0.15, 0.2) is 42.7 Å². The summed E-state index contributed by atoms with van der Waals surface area (Å²) < 4.78 is 12.2. The quantitative estimate of drug-likeness (QED) is 0.522. The molecule has 1 aromatic heterocycles. The van der Waals surface area contributed by atoms with Crippen molar-refractivity contribution in [3.63, 3.8) is 0 Å². The number of rotatable bonds is 5. The zero-order chi connectivity index (χ0) is 14.5. The summed E-state index contributed by atoms with van der Waals surface area (Å²) in [6, 6.07) is 9.14. The van der Waals surface area contributed by atoms with Crippen LogP contribution < -0.4 is 31.0 Å². The number of methoxy groups -OCH3 is 2. The van der Waals surface area contributed by atoms with Crippen molar-refractivity contribution in [3.05, 3.63) is 53.9 Å². The normalized spacial score (nSPS) is 9.67. The van der Waals surface area contributed by atoms with Crippen molar-refractivity contribution in [2.24, 2.45) is 0 Å². The number of ketones is 1. The number of pyridine rings is 1. The van der Waals surface area contributed by atoms with Gasteiger partial charge in [-0.1, -0.05) is 0 Å².